The molecule has 1 aromatic carbocycles. The average Bonchev–Trinajstić information content (AvgIpc) is 2.55. The molecule has 0 aromatic heterocycles. The van der Waals surface area contributed by atoms with Gasteiger partial charge in [0.05, 0.1) is 0 Å². The Morgan fingerprint density at radius 2 is 1.96 bits per heavy atom. The van der Waals surface area contributed by atoms with Crippen molar-refractivity contribution in [3.8, 4) is 0 Å². The standard InChI is InChI=1S/C17H28N4OS/c1-14-5-6-15(19(2)3)13-16(14)18-17(22)21-9-7-20(8-10-21)11-12-23-4/h5-6,13H,7-12H2,1-4H3,(H,18,22). The number of nitrogens with zero attached hydrogens (tertiary/aromatic N) is 3. The van der Waals surface area contributed by atoms with Crippen LogP contribution in [0, 0.1) is 6.92 Å². The number of rotatable bonds is 5. The molecule has 1 aromatic rings. The van der Waals surface area contributed by atoms with Gasteiger partial charge in [0.15, 0.2) is 0 Å². The first-order chi connectivity index (χ1) is 11.0. The molecule has 1 heterocycles. The third-order valence-corrected chi connectivity index (χ3v) is 4.84. The maximum absolute atomic E-state index is 12.5. The second kappa shape index (κ2) is 8.45. The van der Waals surface area contributed by atoms with E-state index in [1.54, 1.807) is 0 Å². The van der Waals surface area contributed by atoms with Crippen molar-refractivity contribution < 1.29 is 4.79 Å². The molecule has 5 nitrogen and oxygen atoms in total. The molecule has 6 heteroatoms. The van der Waals surface area contributed by atoms with E-state index in [4.69, 9.17) is 0 Å². The van der Waals surface area contributed by atoms with Gasteiger partial charge in [-0.25, -0.2) is 4.79 Å². The van der Waals surface area contributed by atoms with Crippen molar-refractivity contribution in [3.05, 3.63) is 23.8 Å². The second-order valence-corrected chi connectivity index (χ2v) is 7.13. The number of carbonyl (C=O) groups excluding carboxylic acids is 1. The molecular formula is C17H28N4OS. The molecule has 0 atom stereocenters. The van der Waals surface area contributed by atoms with Crippen LogP contribution in [-0.2, 0) is 0 Å². The van der Waals surface area contributed by atoms with E-state index in [-0.39, 0.29) is 6.03 Å². The SMILES string of the molecule is CSCCN1CCN(C(=O)Nc2cc(N(C)C)ccc2C)CC1. The first kappa shape index (κ1) is 17.9. The van der Waals surface area contributed by atoms with Gasteiger partial charge >= 0.3 is 6.03 Å². The van der Waals surface area contributed by atoms with Crippen LogP contribution in [0.1, 0.15) is 5.56 Å². The van der Waals surface area contributed by atoms with Crippen LogP contribution in [0.4, 0.5) is 16.2 Å². The minimum absolute atomic E-state index is 0.00789. The summed E-state index contributed by atoms with van der Waals surface area (Å²) in [4.78, 5) is 18.9. The van der Waals surface area contributed by atoms with Crippen LogP contribution in [0.15, 0.2) is 18.2 Å². The number of benzene rings is 1. The van der Waals surface area contributed by atoms with E-state index in [1.807, 2.05) is 54.7 Å². The lowest BCUT2D eigenvalue weighted by Crippen LogP contribution is -2.50. The summed E-state index contributed by atoms with van der Waals surface area (Å²) in [5, 5.41) is 3.07. The number of piperazine rings is 1. The molecule has 128 valence electrons. The Labute approximate surface area is 144 Å². The summed E-state index contributed by atoms with van der Waals surface area (Å²) < 4.78 is 0. The molecule has 0 radical (unpaired) electrons. The smallest absolute Gasteiger partial charge is 0.321 e. The summed E-state index contributed by atoms with van der Waals surface area (Å²) in [7, 11) is 4.01. The lowest BCUT2D eigenvalue weighted by atomic mass is 10.1. The quantitative estimate of drug-likeness (QED) is 0.897. The van der Waals surface area contributed by atoms with E-state index in [0.717, 1.165) is 55.4 Å². The molecule has 1 fully saturated rings. The van der Waals surface area contributed by atoms with E-state index in [0.29, 0.717) is 0 Å². The molecule has 0 saturated carbocycles. The van der Waals surface area contributed by atoms with Crippen LogP contribution < -0.4 is 10.2 Å². The largest absolute Gasteiger partial charge is 0.378 e. The fourth-order valence-corrected chi connectivity index (χ4v) is 3.05. The maximum atomic E-state index is 12.5. The average molecular weight is 337 g/mol. The number of thioether (sulfide) groups is 1. The molecule has 0 aliphatic carbocycles. The van der Waals surface area contributed by atoms with Crippen molar-refractivity contribution >= 4 is 29.2 Å². The van der Waals surface area contributed by atoms with Gasteiger partial charge in [-0.05, 0) is 30.9 Å². The van der Waals surface area contributed by atoms with Gasteiger partial charge in [-0.1, -0.05) is 6.07 Å². The Kier molecular flexibility index (Phi) is 6.59. The number of urea groups is 1. The number of aryl methyl sites for hydroxylation is 1. The third kappa shape index (κ3) is 5.04. The van der Waals surface area contributed by atoms with E-state index < -0.39 is 0 Å². The van der Waals surface area contributed by atoms with Crippen molar-refractivity contribution in [1.29, 1.82) is 0 Å². The van der Waals surface area contributed by atoms with E-state index in [9.17, 15) is 4.79 Å². The third-order valence-electron chi connectivity index (χ3n) is 4.25. The predicted molar refractivity (Wildman–Crippen MR) is 101 cm³/mol. The lowest BCUT2D eigenvalue weighted by Gasteiger charge is -2.34. The molecular weight excluding hydrogens is 308 g/mol. The van der Waals surface area contributed by atoms with Crippen molar-refractivity contribution in [2.24, 2.45) is 0 Å². The first-order valence-electron chi connectivity index (χ1n) is 8.06. The fraction of sp³-hybridized carbons (Fsp3) is 0.588. The number of anilines is 2. The summed E-state index contributed by atoms with van der Waals surface area (Å²) in [5.74, 6) is 1.16. The topological polar surface area (TPSA) is 38.8 Å². The molecule has 1 N–H and O–H groups in total. The van der Waals surface area contributed by atoms with Gasteiger partial charge in [0, 0.05) is 63.9 Å². The lowest BCUT2D eigenvalue weighted by molar-refractivity contribution is 0.152. The zero-order valence-electron chi connectivity index (χ0n) is 14.6. The fourth-order valence-electron chi connectivity index (χ4n) is 2.61. The number of carbonyl (C=O) groups is 1. The Morgan fingerprint density at radius 3 is 2.57 bits per heavy atom. The van der Waals surface area contributed by atoms with Crippen LogP contribution in [0.5, 0.6) is 0 Å². The molecule has 1 aliphatic heterocycles. The minimum atomic E-state index is 0.00789. The molecule has 1 aliphatic rings. The van der Waals surface area contributed by atoms with Gasteiger partial charge in [-0.15, -0.1) is 0 Å². The van der Waals surface area contributed by atoms with E-state index >= 15 is 0 Å². The van der Waals surface area contributed by atoms with Gasteiger partial charge in [0.25, 0.3) is 0 Å². The zero-order valence-corrected chi connectivity index (χ0v) is 15.4. The highest BCUT2D eigenvalue weighted by Crippen LogP contribution is 2.22. The van der Waals surface area contributed by atoms with Gasteiger partial charge in [0.1, 0.15) is 0 Å². The van der Waals surface area contributed by atoms with Crippen LogP contribution in [0.25, 0.3) is 0 Å². The van der Waals surface area contributed by atoms with Crippen molar-refractivity contribution in [3.63, 3.8) is 0 Å². The normalized spacial score (nSPS) is 15.6. The highest BCUT2D eigenvalue weighted by Gasteiger charge is 2.21. The molecule has 0 unspecified atom stereocenters. The Hall–Kier alpha value is -1.40. The molecule has 0 bridgehead atoms. The minimum Gasteiger partial charge on any atom is -0.378 e. The summed E-state index contributed by atoms with van der Waals surface area (Å²) in [5.41, 5.74) is 3.07. The van der Waals surface area contributed by atoms with Crippen LogP contribution in [0.2, 0.25) is 0 Å². The number of nitrogens with one attached hydrogen (secondary N) is 1. The Bertz CT molecular complexity index is 527. The Morgan fingerprint density at radius 1 is 1.26 bits per heavy atom. The maximum Gasteiger partial charge on any atom is 0.321 e. The number of hydrogen-bond acceptors (Lipinski definition) is 4. The van der Waals surface area contributed by atoms with E-state index in [2.05, 4.69) is 22.5 Å². The van der Waals surface area contributed by atoms with Crippen molar-refractivity contribution in [2.75, 3.05) is 69.0 Å². The van der Waals surface area contributed by atoms with Gasteiger partial charge in [0.2, 0.25) is 0 Å². The predicted octanol–water partition coefficient (Wildman–Crippen LogP) is 2.57. The first-order valence-corrected chi connectivity index (χ1v) is 9.46. The van der Waals surface area contributed by atoms with Gasteiger partial charge < -0.3 is 15.1 Å². The molecule has 2 rings (SSSR count). The highest BCUT2D eigenvalue weighted by molar-refractivity contribution is 7.98. The summed E-state index contributed by atoms with van der Waals surface area (Å²) >= 11 is 1.87. The molecule has 1 saturated heterocycles. The zero-order chi connectivity index (χ0) is 16.8. The summed E-state index contributed by atoms with van der Waals surface area (Å²) in [6.07, 6.45) is 2.13. The second-order valence-electron chi connectivity index (χ2n) is 6.15. The highest BCUT2D eigenvalue weighted by atomic mass is 32.2. The van der Waals surface area contributed by atoms with Crippen LogP contribution in [-0.4, -0.2) is 74.7 Å². The van der Waals surface area contributed by atoms with Crippen molar-refractivity contribution in [1.82, 2.24) is 9.80 Å². The molecule has 0 spiro atoms. The summed E-state index contributed by atoms with van der Waals surface area (Å²) in [6, 6.07) is 6.15. The summed E-state index contributed by atoms with van der Waals surface area (Å²) in [6.45, 7) is 6.66. The van der Waals surface area contributed by atoms with E-state index in [1.165, 1.54) is 0 Å². The Balaban J connectivity index is 1.91. The monoisotopic (exact) mass is 336 g/mol. The van der Waals surface area contributed by atoms with Crippen LogP contribution >= 0.6 is 11.8 Å². The number of hydrogen-bond donors (Lipinski definition) is 1. The van der Waals surface area contributed by atoms with Crippen molar-refractivity contribution in [2.45, 2.75) is 6.92 Å². The molecule has 23 heavy (non-hydrogen) atoms. The van der Waals surface area contributed by atoms with Gasteiger partial charge in [-0.3, -0.25) is 4.90 Å². The van der Waals surface area contributed by atoms with Gasteiger partial charge in [-0.2, -0.15) is 11.8 Å². The van der Waals surface area contributed by atoms with Crippen LogP contribution in [0.3, 0.4) is 0 Å². The number of amides is 2. The molecule has 2 amide bonds.